The van der Waals surface area contributed by atoms with E-state index < -0.39 is 5.97 Å². The number of benzene rings is 2. The summed E-state index contributed by atoms with van der Waals surface area (Å²) < 4.78 is 0. The van der Waals surface area contributed by atoms with Crippen molar-refractivity contribution in [3.05, 3.63) is 70.3 Å². The Bertz CT molecular complexity index is 958. The van der Waals surface area contributed by atoms with Crippen molar-refractivity contribution in [2.75, 3.05) is 13.1 Å². The molecule has 1 atom stereocenters. The summed E-state index contributed by atoms with van der Waals surface area (Å²) in [5, 5.41) is 8.89. The molecule has 150 valence electrons. The number of hydrogen-bond donors (Lipinski definition) is 2. The molecule has 2 N–H and O–H groups in total. The smallest absolute Gasteiger partial charge is 0.303 e. The fourth-order valence-electron chi connectivity index (χ4n) is 4.57. The second kappa shape index (κ2) is 8.05. The van der Waals surface area contributed by atoms with E-state index in [0.29, 0.717) is 11.3 Å². The zero-order chi connectivity index (χ0) is 20.4. The lowest BCUT2D eigenvalue weighted by molar-refractivity contribution is -0.919. The van der Waals surface area contributed by atoms with Crippen LogP contribution in [0.1, 0.15) is 73.3 Å². The maximum Gasteiger partial charge on any atom is 0.303 e. The molecule has 0 aromatic heterocycles. The Morgan fingerprint density at radius 3 is 2.45 bits per heavy atom. The van der Waals surface area contributed by atoms with Gasteiger partial charge in [-0.3, -0.25) is 4.79 Å². The first-order valence-electron chi connectivity index (χ1n) is 10.8. The molecule has 3 heteroatoms. The normalized spacial score (nSPS) is 18.8. The Balaban J connectivity index is 1.49. The van der Waals surface area contributed by atoms with Crippen LogP contribution < -0.4 is 4.90 Å². The van der Waals surface area contributed by atoms with Gasteiger partial charge in [0.2, 0.25) is 0 Å². The van der Waals surface area contributed by atoms with Crippen molar-refractivity contribution in [2.45, 2.75) is 57.4 Å². The second-order valence-corrected chi connectivity index (χ2v) is 9.03. The van der Waals surface area contributed by atoms with E-state index in [2.05, 4.69) is 68.2 Å². The zero-order valence-electron chi connectivity index (χ0n) is 17.4. The highest BCUT2D eigenvalue weighted by molar-refractivity contribution is 5.66. The van der Waals surface area contributed by atoms with Crippen molar-refractivity contribution in [1.82, 2.24) is 0 Å². The van der Waals surface area contributed by atoms with Gasteiger partial charge >= 0.3 is 5.97 Å². The van der Waals surface area contributed by atoms with Crippen molar-refractivity contribution < 1.29 is 14.8 Å². The molecule has 1 fully saturated rings. The van der Waals surface area contributed by atoms with E-state index >= 15 is 0 Å². The molecule has 0 radical (unpaired) electrons. The topological polar surface area (TPSA) is 41.7 Å². The molecule has 0 amide bonds. The molecule has 1 saturated carbocycles. The van der Waals surface area contributed by atoms with Gasteiger partial charge in [0.05, 0.1) is 19.5 Å². The van der Waals surface area contributed by atoms with Gasteiger partial charge in [-0.25, -0.2) is 0 Å². The summed E-state index contributed by atoms with van der Waals surface area (Å²) in [6.45, 7) is 7.49. The number of fused-ring (bicyclic) bond motifs is 2. The van der Waals surface area contributed by atoms with E-state index in [0.717, 1.165) is 37.2 Å². The van der Waals surface area contributed by atoms with E-state index in [1.54, 1.807) is 0 Å². The first-order chi connectivity index (χ1) is 13.9. The van der Waals surface area contributed by atoms with Crippen LogP contribution in [0.2, 0.25) is 0 Å². The molecule has 3 nitrogen and oxygen atoms in total. The van der Waals surface area contributed by atoms with Gasteiger partial charge in [0.25, 0.3) is 0 Å². The highest BCUT2D eigenvalue weighted by Crippen LogP contribution is 2.49. The highest BCUT2D eigenvalue weighted by Gasteiger charge is 2.51. The van der Waals surface area contributed by atoms with Crippen LogP contribution in [0.4, 0.5) is 0 Å². The minimum Gasteiger partial charge on any atom is -0.481 e. The predicted octanol–water partition coefficient (Wildman–Crippen LogP) is 3.50. The van der Waals surface area contributed by atoms with E-state index in [1.807, 2.05) is 0 Å². The van der Waals surface area contributed by atoms with Gasteiger partial charge in [0.15, 0.2) is 0 Å². The molecule has 2 aliphatic rings. The van der Waals surface area contributed by atoms with Crippen molar-refractivity contribution >= 4 is 5.97 Å². The van der Waals surface area contributed by atoms with Gasteiger partial charge in [0, 0.05) is 28.5 Å². The number of carbonyl (C=O) groups is 1. The maximum absolute atomic E-state index is 10.8. The van der Waals surface area contributed by atoms with Gasteiger partial charge < -0.3 is 10.0 Å². The molecule has 1 unspecified atom stereocenters. The van der Waals surface area contributed by atoms with Gasteiger partial charge in [-0.05, 0) is 54.2 Å². The lowest BCUT2D eigenvalue weighted by Gasteiger charge is -2.32. The van der Waals surface area contributed by atoms with Gasteiger partial charge in [0.1, 0.15) is 6.54 Å². The van der Waals surface area contributed by atoms with Crippen molar-refractivity contribution in [3.8, 4) is 11.8 Å². The molecule has 1 aliphatic carbocycles. The quantitative estimate of drug-likeness (QED) is 0.770. The van der Waals surface area contributed by atoms with E-state index in [-0.39, 0.29) is 6.42 Å². The summed E-state index contributed by atoms with van der Waals surface area (Å²) in [5.74, 6) is 6.53. The SMILES string of the molecule is CC(C)c1ccc(C#Cc2ccc3c(c2)C2(CC2)C[NH+](CCCC(=O)O)C3)cc1. The number of hydrogen-bond acceptors (Lipinski definition) is 1. The third-order valence-electron chi connectivity index (χ3n) is 6.41. The number of carboxylic acid groups (broad SMARTS) is 1. The fraction of sp³-hybridized carbons (Fsp3) is 0.423. The monoisotopic (exact) mass is 388 g/mol. The summed E-state index contributed by atoms with van der Waals surface area (Å²) in [6.07, 6.45) is 3.53. The number of aliphatic carboxylic acids is 1. The average molecular weight is 389 g/mol. The molecular formula is C26H30NO2+. The Hall–Kier alpha value is -2.57. The van der Waals surface area contributed by atoms with Crippen molar-refractivity contribution in [1.29, 1.82) is 0 Å². The highest BCUT2D eigenvalue weighted by atomic mass is 16.4. The van der Waals surface area contributed by atoms with Crippen molar-refractivity contribution in [3.63, 3.8) is 0 Å². The summed E-state index contributed by atoms with van der Waals surface area (Å²) in [4.78, 5) is 12.3. The van der Waals surface area contributed by atoms with Crippen LogP contribution in [0.3, 0.4) is 0 Å². The summed E-state index contributed by atoms with van der Waals surface area (Å²) >= 11 is 0. The van der Waals surface area contributed by atoms with Crippen LogP contribution in [0, 0.1) is 11.8 Å². The second-order valence-electron chi connectivity index (χ2n) is 9.03. The Kier molecular flexibility index (Phi) is 5.48. The van der Waals surface area contributed by atoms with Crippen LogP contribution in [-0.2, 0) is 16.8 Å². The van der Waals surface area contributed by atoms with E-state index in [9.17, 15) is 4.79 Å². The molecule has 2 aromatic rings. The van der Waals surface area contributed by atoms with Crippen LogP contribution in [-0.4, -0.2) is 24.2 Å². The largest absolute Gasteiger partial charge is 0.481 e. The summed E-state index contributed by atoms with van der Waals surface area (Å²) in [5.41, 5.74) is 6.71. The lowest BCUT2D eigenvalue weighted by Crippen LogP contribution is -3.12. The van der Waals surface area contributed by atoms with Crippen LogP contribution in [0.5, 0.6) is 0 Å². The molecule has 0 saturated heterocycles. The van der Waals surface area contributed by atoms with Gasteiger partial charge in [-0.2, -0.15) is 0 Å². The Morgan fingerprint density at radius 1 is 1.10 bits per heavy atom. The number of nitrogens with one attached hydrogen (secondary N) is 1. The molecule has 0 bridgehead atoms. The average Bonchev–Trinajstić information content (AvgIpc) is 3.46. The lowest BCUT2D eigenvalue weighted by atomic mass is 9.85. The van der Waals surface area contributed by atoms with Gasteiger partial charge in [-0.15, -0.1) is 0 Å². The summed E-state index contributed by atoms with van der Waals surface area (Å²) in [7, 11) is 0. The molecule has 1 aliphatic heterocycles. The molecule has 1 heterocycles. The predicted molar refractivity (Wildman–Crippen MR) is 115 cm³/mol. The minimum atomic E-state index is -0.690. The first kappa shape index (κ1) is 19.7. The third kappa shape index (κ3) is 4.54. The zero-order valence-corrected chi connectivity index (χ0v) is 17.4. The van der Waals surface area contributed by atoms with E-state index in [4.69, 9.17) is 5.11 Å². The van der Waals surface area contributed by atoms with Crippen LogP contribution in [0.15, 0.2) is 42.5 Å². The number of rotatable bonds is 5. The van der Waals surface area contributed by atoms with E-state index in [1.165, 1.54) is 34.4 Å². The van der Waals surface area contributed by atoms with Crippen LogP contribution in [0.25, 0.3) is 0 Å². The van der Waals surface area contributed by atoms with Gasteiger partial charge in [-0.1, -0.05) is 43.9 Å². The first-order valence-corrected chi connectivity index (χ1v) is 10.8. The summed E-state index contributed by atoms with van der Waals surface area (Å²) in [6, 6.07) is 15.3. The number of quaternary nitrogens is 1. The number of carboxylic acids is 1. The maximum atomic E-state index is 10.8. The Labute approximate surface area is 173 Å². The molecule has 2 aromatic carbocycles. The third-order valence-corrected chi connectivity index (χ3v) is 6.41. The molecule has 1 spiro atoms. The minimum absolute atomic E-state index is 0.274. The Morgan fingerprint density at radius 2 is 1.79 bits per heavy atom. The molecule has 4 rings (SSSR count). The fourth-order valence-corrected chi connectivity index (χ4v) is 4.57. The molecule has 29 heavy (non-hydrogen) atoms. The van der Waals surface area contributed by atoms with Crippen LogP contribution >= 0.6 is 0 Å². The standard InChI is InChI=1S/C26H29NO2/c1-19(2)22-10-7-20(8-11-22)5-6-21-9-12-23-17-27(15-3-4-25(28)29)18-26(13-14-26)24(23)16-21/h7-12,16,19H,3-4,13-15,17-18H2,1-2H3,(H,28,29)/p+1. The van der Waals surface area contributed by atoms with Crippen molar-refractivity contribution in [2.24, 2.45) is 0 Å². The molecular weight excluding hydrogens is 358 g/mol.